The van der Waals surface area contributed by atoms with E-state index in [0.29, 0.717) is 16.6 Å². The van der Waals surface area contributed by atoms with Crippen LogP contribution in [0.4, 0.5) is 0 Å². The maximum Gasteiger partial charge on any atom is 0.316 e. The molecule has 0 spiro atoms. The first-order valence-electron chi connectivity index (χ1n) is 7.26. The standard InChI is InChI=1S/C15H15N5O4S/c1-20-15(16-18-19-20)25-9-14(21)23-8-11-7-13(24-17-11)10-4-3-5-12(6-10)22-2/h3-7H,8-9H2,1-2H3. The third-order valence-electron chi connectivity index (χ3n) is 3.19. The Morgan fingerprint density at radius 1 is 1.36 bits per heavy atom. The number of benzene rings is 1. The summed E-state index contributed by atoms with van der Waals surface area (Å²) in [5, 5.41) is 15.4. The number of nitrogens with zero attached hydrogens (tertiary/aromatic N) is 5. The molecular formula is C15H15N5O4S. The summed E-state index contributed by atoms with van der Waals surface area (Å²) < 4.78 is 17.1. The molecule has 3 rings (SSSR count). The summed E-state index contributed by atoms with van der Waals surface area (Å²) in [6.07, 6.45) is 0. The van der Waals surface area contributed by atoms with Crippen molar-refractivity contribution in [1.82, 2.24) is 25.4 Å². The van der Waals surface area contributed by atoms with Crippen molar-refractivity contribution in [2.75, 3.05) is 12.9 Å². The van der Waals surface area contributed by atoms with E-state index in [1.165, 1.54) is 16.4 Å². The molecule has 0 unspecified atom stereocenters. The van der Waals surface area contributed by atoms with Gasteiger partial charge in [-0.2, -0.15) is 0 Å². The molecule has 0 fully saturated rings. The van der Waals surface area contributed by atoms with Crippen molar-refractivity contribution >= 4 is 17.7 Å². The highest BCUT2D eigenvalue weighted by Crippen LogP contribution is 2.24. The van der Waals surface area contributed by atoms with E-state index in [9.17, 15) is 4.79 Å². The largest absolute Gasteiger partial charge is 0.497 e. The number of hydrogen-bond acceptors (Lipinski definition) is 9. The monoisotopic (exact) mass is 361 g/mol. The molecule has 0 bridgehead atoms. The second kappa shape index (κ2) is 7.79. The summed E-state index contributed by atoms with van der Waals surface area (Å²) >= 11 is 1.20. The predicted octanol–water partition coefficient (Wildman–Crippen LogP) is 1.71. The summed E-state index contributed by atoms with van der Waals surface area (Å²) in [5.74, 6) is 1.01. The molecule has 0 aliphatic carbocycles. The van der Waals surface area contributed by atoms with Gasteiger partial charge in [-0.25, -0.2) is 4.68 Å². The topological polar surface area (TPSA) is 105 Å². The number of thioether (sulfide) groups is 1. The van der Waals surface area contributed by atoms with Crippen LogP contribution in [0, 0.1) is 0 Å². The van der Waals surface area contributed by atoms with Crippen molar-refractivity contribution in [2.45, 2.75) is 11.8 Å². The zero-order valence-electron chi connectivity index (χ0n) is 13.6. The van der Waals surface area contributed by atoms with Gasteiger partial charge in [0, 0.05) is 18.7 Å². The van der Waals surface area contributed by atoms with Crippen molar-refractivity contribution in [1.29, 1.82) is 0 Å². The zero-order valence-corrected chi connectivity index (χ0v) is 14.4. The Kier molecular flexibility index (Phi) is 5.29. The third-order valence-corrected chi connectivity index (χ3v) is 4.18. The summed E-state index contributed by atoms with van der Waals surface area (Å²) in [6.45, 7) is 0.0317. The Morgan fingerprint density at radius 3 is 3.00 bits per heavy atom. The third kappa shape index (κ3) is 4.35. The fraction of sp³-hybridized carbons (Fsp3) is 0.267. The number of aryl methyl sites for hydroxylation is 1. The number of carbonyl (C=O) groups excluding carboxylic acids is 1. The highest BCUT2D eigenvalue weighted by molar-refractivity contribution is 7.99. The van der Waals surface area contributed by atoms with E-state index in [1.807, 2.05) is 24.3 Å². The van der Waals surface area contributed by atoms with Crippen LogP contribution in [0.3, 0.4) is 0 Å². The molecule has 9 nitrogen and oxygen atoms in total. The molecule has 0 saturated carbocycles. The van der Waals surface area contributed by atoms with Crippen LogP contribution in [0.5, 0.6) is 5.75 Å². The van der Waals surface area contributed by atoms with Gasteiger partial charge < -0.3 is 14.0 Å². The SMILES string of the molecule is COc1cccc(-c2cc(COC(=O)CSc3nnnn3C)no2)c1. The number of methoxy groups -OCH3 is 1. The molecule has 0 saturated heterocycles. The van der Waals surface area contributed by atoms with E-state index < -0.39 is 0 Å². The lowest BCUT2D eigenvalue weighted by Gasteiger charge is -2.01. The minimum Gasteiger partial charge on any atom is -0.497 e. The van der Waals surface area contributed by atoms with E-state index in [-0.39, 0.29) is 18.3 Å². The highest BCUT2D eigenvalue weighted by atomic mass is 32.2. The van der Waals surface area contributed by atoms with Gasteiger partial charge in [0.15, 0.2) is 5.76 Å². The first-order chi connectivity index (χ1) is 12.2. The van der Waals surface area contributed by atoms with Crippen LogP contribution in [-0.4, -0.2) is 44.2 Å². The van der Waals surface area contributed by atoms with Gasteiger partial charge in [0.2, 0.25) is 5.16 Å². The average Bonchev–Trinajstić information content (AvgIpc) is 3.27. The van der Waals surface area contributed by atoms with E-state index in [4.69, 9.17) is 14.0 Å². The van der Waals surface area contributed by atoms with Crippen LogP contribution in [0.15, 0.2) is 40.0 Å². The molecule has 1 aromatic carbocycles. The van der Waals surface area contributed by atoms with Crippen LogP contribution in [-0.2, 0) is 23.2 Å². The molecule has 0 atom stereocenters. The fourth-order valence-electron chi connectivity index (χ4n) is 1.96. The lowest BCUT2D eigenvalue weighted by Crippen LogP contribution is -2.08. The number of tetrazole rings is 1. The second-order valence-corrected chi connectivity index (χ2v) is 5.89. The Balaban J connectivity index is 1.53. The van der Waals surface area contributed by atoms with Gasteiger partial charge in [-0.05, 0) is 22.6 Å². The number of ether oxygens (including phenoxy) is 2. The molecule has 2 aromatic heterocycles. The Bertz CT molecular complexity index is 863. The van der Waals surface area contributed by atoms with Crippen LogP contribution >= 0.6 is 11.8 Å². The molecule has 0 amide bonds. The van der Waals surface area contributed by atoms with Crippen molar-refractivity contribution in [3.8, 4) is 17.1 Å². The minimum atomic E-state index is -0.390. The van der Waals surface area contributed by atoms with Crippen LogP contribution in [0.25, 0.3) is 11.3 Å². The molecule has 25 heavy (non-hydrogen) atoms. The van der Waals surface area contributed by atoms with Crippen molar-refractivity contribution in [2.24, 2.45) is 7.05 Å². The van der Waals surface area contributed by atoms with E-state index in [0.717, 1.165) is 11.3 Å². The molecule has 130 valence electrons. The van der Waals surface area contributed by atoms with Crippen molar-refractivity contribution in [3.63, 3.8) is 0 Å². The molecular weight excluding hydrogens is 346 g/mol. The molecule has 2 heterocycles. The van der Waals surface area contributed by atoms with Crippen molar-refractivity contribution in [3.05, 3.63) is 36.0 Å². The predicted molar refractivity (Wildman–Crippen MR) is 87.8 cm³/mol. The van der Waals surface area contributed by atoms with Gasteiger partial charge in [-0.1, -0.05) is 29.1 Å². The first-order valence-corrected chi connectivity index (χ1v) is 8.25. The molecule has 0 aliphatic heterocycles. The van der Waals surface area contributed by atoms with E-state index in [1.54, 1.807) is 20.2 Å². The molecule has 3 aromatic rings. The smallest absolute Gasteiger partial charge is 0.316 e. The fourth-order valence-corrected chi connectivity index (χ4v) is 2.60. The van der Waals surface area contributed by atoms with Gasteiger partial charge in [0.25, 0.3) is 0 Å². The Labute approximate surface area is 147 Å². The minimum absolute atomic E-state index is 0.0317. The summed E-state index contributed by atoms with van der Waals surface area (Å²) in [7, 11) is 3.29. The molecule has 10 heteroatoms. The molecule has 0 aliphatic rings. The van der Waals surface area contributed by atoms with Crippen molar-refractivity contribution < 1.29 is 18.8 Å². The maximum absolute atomic E-state index is 11.8. The first kappa shape index (κ1) is 17.0. The zero-order chi connectivity index (χ0) is 17.6. The van der Waals surface area contributed by atoms with Gasteiger partial charge >= 0.3 is 5.97 Å². The van der Waals surface area contributed by atoms with Crippen LogP contribution in [0.2, 0.25) is 0 Å². The quantitative estimate of drug-likeness (QED) is 0.459. The second-order valence-electron chi connectivity index (χ2n) is 4.95. The number of aromatic nitrogens is 5. The number of esters is 1. The van der Waals surface area contributed by atoms with E-state index >= 15 is 0 Å². The number of carbonyl (C=O) groups is 1. The van der Waals surface area contributed by atoms with Gasteiger partial charge in [0.05, 0.1) is 12.9 Å². The van der Waals surface area contributed by atoms with Crippen LogP contribution < -0.4 is 4.74 Å². The van der Waals surface area contributed by atoms with Gasteiger partial charge in [-0.15, -0.1) is 5.10 Å². The van der Waals surface area contributed by atoms with Crippen LogP contribution in [0.1, 0.15) is 5.69 Å². The summed E-state index contributed by atoms with van der Waals surface area (Å²) in [6, 6.07) is 9.13. The average molecular weight is 361 g/mol. The van der Waals surface area contributed by atoms with Gasteiger partial charge in [-0.3, -0.25) is 4.79 Å². The normalized spacial score (nSPS) is 10.6. The lowest BCUT2D eigenvalue weighted by atomic mass is 10.1. The maximum atomic E-state index is 11.8. The Morgan fingerprint density at radius 2 is 2.24 bits per heavy atom. The van der Waals surface area contributed by atoms with Gasteiger partial charge in [0.1, 0.15) is 18.1 Å². The Hall–Kier alpha value is -2.88. The summed E-state index contributed by atoms with van der Waals surface area (Å²) in [4.78, 5) is 11.8. The number of rotatable bonds is 7. The number of hydrogen-bond donors (Lipinski definition) is 0. The molecule has 0 N–H and O–H groups in total. The van der Waals surface area contributed by atoms with E-state index in [2.05, 4.69) is 20.7 Å². The lowest BCUT2D eigenvalue weighted by molar-refractivity contribution is -0.141. The summed E-state index contributed by atoms with van der Waals surface area (Å²) in [5.41, 5.74) is 1.35. The molecule has 0 radical (unpaired) electrons. The highest BCUT2D eigenvalue weighted by Gasteiger charge is 2.12.